The molecule has 1 aliphatic rings. The van der Waals surface area contributed by atoms with Crippen LogP contribution >= 0.6 is 11.3 Å². The molecule has 0 saturated carbocycles. The summed E-state index contributed by atoms with van der Waals surface area (Å²) in [6.07, 6.45) is 5.34. The Morgan fingerprint density at radius 1 is 1.30 bits per heavy atom. The van der Waals surface area contributed by atoms with Crippen molar-refractivity contribution in [3.05, 3.63) is 21.4 Å². The van der Waals surface area contributed by atoms with Crippen LogP contribution in [-0.4, -0.2) is 11.6 Å². The largest absolute Gasteiger partial charge is 0.281 e. The number of hydrazone groups is 1. The Morgan fingerprint density at radius 2 is 1.96 bits per heavy atom. The van der Waals surface area contributed by atoms with Gasteiger partial charge >= 0.3 is 0 Å². The third kappa shape index (κ3) is 5.45. The third-order valence-corrected chi connectivity index (χ3v) is 5.39. The minimum atomic E-state index is -0.0536. The van der Waals surface area contributed by atoms with Crippen LogP contribution in [0.1, 0.15) is 74.0 Å². The summed E-state index contributed by atoms with van der Waals surface area (Å²) < 4.78 is 0. The Bertz CT molecular complexity index is 560. The number of fused-ring (bicyclic) bond motifs is 1. The van der Waals surface area contributed by atoms with Crippen molar-refractivity contribution in [3.63, 3.8) is 0 Å². The molecule has 1 aliphatic carbocycles. The maximum Gasteiger partial charge on any atom is 0.281 e. The van der Waals surface area contributed by atoms with Gasteiger partial charge in [-0.15, -0.1) is 11.3 Å². The monoisotopic (exact) mass is 334 g/mol. The molecule has 0 saturated heterocycles. The van der Waals surface area contributed by atoms with Gasteiger partial charge in [0.25, 0.3) is 5.91 Å². The van der Waals surface area contributed by atoms with Crippen molar-refractivity contribution in [3.8, 4) is 0 Å². The summed E-state index contributed by atoms with van der Waals surface area (Å²) in [5.41, 5.74) is 5.25. The summed E-state index contributed by atoms with van der Waals surface area (Å²) in [4.78, 5) is 14.6. The fourth-order valence-electron chi connectivity index (χ4n) is 3.12. The summed E-state index contributed by atoms with van der Waals surface area (Å²) in [6, 6.07) is 2.07. The van der Waals surface area contributed by atoms with E-state index in [1.165, 1.54) is 16.9 Å². The fraction of sp³-hybridized carbons (Fsp3) is 0.684. The summed E-state index contributed by atoms with van der Waals surface area (Å²) >= 11 is 1.64. The van der Waals surface area contributed by atoms with E-state index in [0.29, 0.717) is 11.8 Å². The highest BCUT2D eigenvalue weighted by molar-refractivity contribution is 7.14. The molecule has 0 unspecified atom stereocenters. The average molecular weight is 335 g/mol. The van der Waals surface area contributed by atoms with Gasteiger partial charge in [0.2, 0.25) is 0 Å². The highest BCUT2D eigenvalue weighted by Crippen LogP contribution is 2.32. The lowest BCUT2D eigenvalue weighted by Crippen LogP contribution is -2.20. The summed E-state index contributed by atoms with van der Waals surface area (Å²) in [5.74, 6) is 1.79. The molecule has 0 radical (unpaired) electrons. The molecule has 0 aromatic carbocycles. The van der Waals surface area contributed by atoms with Crippen molar-refractivity contribution in [2.45, 2.75) is 66.7 Å². The molecule has 4 heteroatoms. The van der Waals surface area contributed by atoms with Crippen LogP contribution in [0.4, 0.5) is 0 Å². The molecule has 1 aromatic rings. The highest BCUT2D eigenvalue weighted by Gasteiger charge is 2.20. The quantitative estimate of drug-likeness (QED) is 0.574. The van der Waals surface area contributed by atoms with E-state index in [0.717, 1.165) is 42.2 Å². The van der Waals surface area contributed by atoms with Crippen molar-refractivity contribution >= 4 is 23.0 Å². The van der Waals surface area contributed by atoms with Crippen molar-refractivity contribution in [1.82, 2.24) is 5.43 Å². The molecule has 1 amide bonds. The third-order valence-electron chi connectivity index (χ3n) is 4.16. The Morgan fingerprint density at radius 3 is 2.57 bits per heavy atom. The number of carbonyl (C=O) groups excluding carboxylic acids is 1. The van der Waals surface area contributed by atoms with Crippen molar-refractivity contribution in [1.29, 1.82) is 0 Å². The van der Waals surface area contributed by atoms with Gasteiger partial charge in [0, 0.05) is 10.6 Å². The number of hydrogen-bond acceptors (Lipinski definition) is 3. The van der Waals surface area contributed by atoms with E-state index in [9.17, 15) is 4.79 Å². The predicted molar refractivity (Wildman–Crippen MR) is 99.3 cm³/mol. The fourth-order valence-corrected chi connectivity index (χ4v) is 4.22. The predicted octanol–water partition coefficient (Wildman–Crippen LogP) is 5.05. The first kappa shape index (κ1) is 18.2. The van der Waals surface area contributed by atoms with E-state index in [-0.39, 0.29) is 5.91 Å². The molecule has 1 aromatic heterocycles. The number of rotatable bonds is 6. The first-order valence-electron chi connectivity index (χ1n) is 8.82. The number of nitrogens with one attached hydrogen (secondary N) is 1. The molecule has 1 atom stereocenters. The highest BCUT2D eigenvalue weighted by atomic mass is 32.1. The van der Waals surface area contributed by atoms with E-state index in [2.05, 4.69) is 51.2 Å². The SMILES string of the molecule is CC(C)CC(CC(C)C)=NNC(=O)c1cc2c(s1)CC[C@H](C)C2. The van der Waals surface area contributed by atoms with E-state index in [4.69, 9.17) is 0 Å². The average Bonchev–Trinajstić information content (AvgIpc) is 2.86. The topological polar surface area (TPSA) is 41.5 Å². The Labute approximate surface area is 144 Å². The molecule has 128 valence electrons. The van der Waals surface area contributed by atoms with Crippen molar-refractivity contribution < 1.29 is 4.79 Å². The van der Waals surface area contributed by atoms with E-state index < -0.39 is 0 Å². The standard InChI is InChI=1S/C19H30N2OS/c1-12(2)8-16(9-13(3)4)20-21-19(22)18-11-15-10-14(5)6-7-17(15)23-18/h11-14H,6-10H2,1-5H3,(H,21,22)/t14-/m0/s1. The van der Waals surface area contributed by atoms with Gasteiger partial charge in [0.15, 0.2) is 0 Å². The molecular weight excluding hydrogens is 304 g/mol. The van der Waals surface area contributed by atoms with E-state index in [1.54, 1.807) is 11.3 Å². The van der Waals surface area contributed by atoms with Gasteiger partial charge in [-0.25, -0.2) is 5.43 Å². The molecule has 1 N–H and O–H groups in total. The molecule has 0 fully saturated rings. The zero-order valence-electron chi connectivity index (χ0n) is 15.1. The second-order valence-corrected chi connectivity index (χ2v) is 8.86. The molecule has 1 heterocycles. The molecule has 3 nitrogen and oxygen atoms in total. The maximum absolute atomic E-state index is 12.4. The van der Waals surface area contributed by atoms with Crippen LogP contribution in [0.3, 0.4) is 0 Å². The smallest absolute Gasteiger partial charge is 0.266 e. The van der Waals surface area contributed by atoms with Gasteiger partial charge in [-0.3, -0.25) is 4.79 Å². The Balaban J connectivity index is 2.03. The van der Waals surface area contributed by atoms with Crippen LogP contribution in [0.5, 0.6) is 0 Å². The minimum absolute atomic E-state index is 0.0536. The van der Waals surface area contributed by atoms with Crippen molar-refractivity contribution in [2.24, 2.45) is 22.9 Å². The molecule has 0 aliphatic heterocycles. The zero-order valence-corrected chi connectivity index (χ0v) is 15.9. The van der Waals surface area contributed by atoms with Crippen LogP contribution in [-0.2, 0) is 12.8 Å². The normalized spacial score (nSPS) is 17.3. The zero-order chi connectivity index (χ0) is 17.0. The number of carbonyl (C=O) groups is 1. The Kier molecular flexibility index (Phi) is 6.40. The summed E-state index contributed by atoms with van der Waals surface area (Å²) in [5, 5.41) is 4.43. The number of nitrogens with zero attached hydrogens (tertiary/aromatic N) is 1. The molecule has 0 bridgehead atoms. The van der Waals surface area contributed by atoms with Crippen LogP contribution in [0.2, 0.25) is 0 Å². The number of amides is 1. The van der Waals surface area contributed by atoms with Gasteiger partial charge in [0.1, 0.15) is 0 Å². The van der Waals surface area contributed by atoms with Gasteiger partial charge in [-0.05, 0) is 61.5 Å². The van der Waals surface area contributed by atoms with Crippen molar-refractivity contribution in [2.75, 3.05) is 0 Å². The first-order chi connectivity index (χ1) is 10.8. The number of hydrogen-bond donors (Lipinski definition) is 1. The van der Waals surface area contributed by atoms with Gasteiger partial charge in [-0.1, -0.05) is 34.6 Å². The molecule has 23 heavy (non-hydrogen) atoms. The molecule has 2 rings (SSSR count). The van der Waals surface area contributed by atoms with E-state index in [1.807, 2.05) is 0 Å². The lowest BCUT2D eigenvalue weighted by Gasteiger charge is -2.16. The number of thiophene rings is 1. The minimum Gasteiger partial charge on any atom is -0.266 e. The van der Waals surface area contributed by atoms with Crippen LogP contribution in [0, 0.1) is 17.8 Å². The van der Waals surface area contributed by atoms with Crippen LogP contribution < -0.4 is 5.43 Å². The second-order valence-electron chi connectivity index (χ2n) is 7.72. The Hall–Kier alpha value is -1.16. The van der Waals surface area contributed by atoms with Gasteiger partial charge in [-0.2, -0.15) is 5.10 Å². The summed E-state index contributed by atoms with van der Waals surface area (Å²) in [7, 11) is 0. The number of aryl methyl sites for hydroxylation is 1. The maximum atomic E-state index is 12.4. The lowest BCUT2D eigenvalue weighted by atomic mass is 9.90. The molecule has 0 spiro atoms. The van der Waals surface area contributed by atoms with Crippen LogP contribution in [0.15, 0.2) is 11.2 Å². The van der Waals surface area contributed by atoms with E-state index >= 15 is 0 Å². The van der Waals surface area contributed by atoms with Gasteiger partial charge in [0.05, 0.1) is 4.88 Å². The van der Waals surface area contributed by atoms with Crippen LogP contribution in [0.25, 0.3) is 0 Å². The summed E-state index contributed by atoms with van der Waals surface area (Å²) in [6.45, 7) is 11.0. The van der Waals surface area contributed by atoms with Gasteiger partial charge < -0.3 is 0 Å². The first-order valence-corrected chi connectivity index (χ1v) is 9.64. The second kappa shape index (κ2) is 8.09. The molecular formula is C19H30N2OS. The lowest BCUT2D eigenvalue weighted by molar-refractivity contribution is 0.0958.